The van der Waals surface area contributed by atoms with E-state index < -0.39 is 54.5 Å². The summed E-state index contributed by atoms with van der Waals surface area (Å²) in [6.07, 6.45) is 1.67. The van der Waals surface area contributed by atoms with E-state index in [4.69, 9.17) is 22.3 Å². The molecule has 1 saturated heterocycles. The van der Waals surface area contributed by atoms with E-state index in [0.717, 1.165) is 0 Å². The number of carboxylic acids is 1. The number of rotatable bonds is 13. The molecule has 0 aromatic heterocycles. The Balaban J connectivity index is 2.94. The minimum absolute atomic E-state index is 0.0232. The Labute approximate surface area is 193 Å². The lowest BCUT2D eigenvalue weighted by atomic mass is 10.0. The number of amides is 3. The molecular formula is C20H37N7O6. The number of hydrogen-bond donors (Lipinski definition) is 7. The van der Waals surface area contributed by atoms with Crippen LogP contribution in [0.1, 0.15) is 46.0 Å². The number of carboxylic acid groups (broad SMARTS) is 1. The molecule has 4 unspecified atom stereocenters. The number of carbonyl (C=O) groups is 4. The van der Waals surface area contributed by atoms with E-state index in [-0.39, 0.29) is 31.3 Å². The van der Waals surface area contributed by atoms with Crippen LogP contribution < -0.4 is 27.8 Å². The van der Waals surface area contributed by atoms with Crippen molar-refractivity contribution in [3.63, 3.8) is 0 Å². The maximum Gasteiger partial charge on any atom is 0.326 e. The molecule has 0 bridgehead atoms. The first kappa shape index (κ1) is 28.1. The predicted octanol–water partition coefficient (Wildman–Crippen LogP) is -2.55. The maximum absolute atomic E-state index is 13.0. The second-order valence-corrected chi connectivity index (χ2v) is 8.52. The molecule has 33 heavy (non-hydrogen) atoms. The minimum atomic E-state index is -1.17. The van der Waals surface area contributed by atoms with Crippen molar-refractivity contribution in [1.82, 2.24) is 15.5 Å². The highest BCUT2D eigenvalue weighted by Crippen LogP contribution is 2.19. The van der Waals surface area contributed by atoms with Gasteiger partial charge in [0.25, 0.3) is 0 Å². The summed E-state index contributed by atoms with van der Waals surface area (Å²) in [6, 6.07) is -4.13. The highest BCUT2D eigenvalue weighted by molar-refractivity contribution is 5.94. The number of guanidine groups is 1. The fourth-order valence-electron chi connectivity index (χ4n) is 3.60. The fourth-order valence-corrected chi connectivity index (χ4v) is 3.60. The molecule has 13 heteroatoms. The molecule has 1 aliphatic rings. The molecule has 1 aliphatic heterocycles. The largest absolute Gasteiger partial charge is 0.480 e. The third kappa shape index (κ3) is 9.22. The van der Waals surface area contributed by atoms with Crippen LogP contribution >= 0.6 is 0 Å². The Morgan fingerprint density at radius 3 is 2.36 bits per heavy atom. The van der Waals surface area contributed by atoms with Gasteiger partial charge in [0.15, 0.2) is 5.96 Å². The predicted molar refractivity (Wildman–Crippen MR) is 121 cm³/mol. The Morgan fingerprint density at radius 1 is 1.15 bits per heavy atom. The number of aliphatic hydroxyl groups is 1. The summed E-state index contributed by atoms with van der Waals surface area (Å²) >= 11 is 0. The van der Waals surface area contributed by atoms with Crippen LogP contribution in [0.25, 0.3) is 0 Å². The monoisotopic (exact) mass is 471 g/mol. The van der Waals surface area contributed by atoms with Crippen molar-refractivity contribution in [2.75, 3.05) is 19.7 Å². The lowest BCUT2D eigenvalue weighted by Gasteiger charge is -2.28. The Bertz CT molecular complexity index is 726. The van der Waals surface area contributed by atoms with Gasteiger partial charge in [0.1, 0.15) is 24.2 Å². The van der Waals surface area contributed by atoms with Gasteiger partial charge in [-0.05, 0) is 38.0 Å². The summed E-state index contributed by atoms with van der Waals surface area (Å²) < 4.78 is 0. The number of hydrogen-bond acceptors (Lipinski definition) is 7. The molecule has 0 saturated carbocycles. The van der Waals surface area contributed by atoms with Gasteiger partial charge in [-0.1, -0.05) is 13.8 Å². The van der Waals surface area contributed by atoms with E-state index in [9.17, 15) is 24.3 Å². The third-order valence-corrected chi connectivity index (χ3v) is 5.25. The highest BCUT2D eigenvalue weighted by atomic mass is 16.4. The molecular weight excluding hydrogens is 434 g/mol. The second kappa shape index (κ2) is 13.6. The molecule has 1 heterocycles. The molecule has 0 aliphatic carbocycles. The van der Waals surface area contributed by atoms with Crippen molar-refractivity contribution in [1.29, 1.82) is 0 Å². The number of aliphatic imine (C=N–C) groups is 1. The zero-order chi connectivity index (χ0) is 25.1. The SMILES string of the molecule is CC(C)CC(NC(=O)C(CCCN=C(N)N)NC(=O)C1CCCN1C(=O)C(N)CO)C(=O)O. The zero-order valence-electron chi connectivity index (χ0n) is 19.2. The number of nitrogens with one attached hydrogen (secondary N) is 2. The first-order valence-corrected chi connectivity index (χ1v) is 11.0. The number of carbonyl (C=O) groups excluding carboxylic acids is 3. The minimum Gasteiger partial charge on any atom is -0.480 e. The molecule has 3 amide bonds. The third-order valence-electron chi connectivity index (χ3n) is 5.25. The molecule has 0 spiro atoms. The standard InChI is InChI=1S/C20H37N7O6/c1-11(2)9-14(19(32)33)26-16(29)13(5-3-7-24-20(22)23)25-17(30)15-6-4-8-27(15)18(31)12(21)10-28/h11-15,28H,3-10,21H2,1-2H3,(H,25,30)(H,26,29)(H,32,33)(H4,22,23,24). The van der Waals surface area contributed by atoms with Crippen LogP contribution in [0.5, 0.6) is 0 Å². The first-order chi connectivity index (χ1) is 15.5. The maximum atomic E-state index is 13.0. The van der Waals surface area contributed by atoms with Crippen molar-refractivity contribution < 1.29 is 29.4 Å². The van der Waals surface area contributed by atoms with Crippen LogP contribution in [-0.4, -0.2) is 88.6 Å². The van der Waals surface area contributed by atoms with Gasteiger partial charge in [0, 0.05) is 13.1 Å². The molecule has 0 aromatic carbocycles. The van der Waals surface area contributed by atoms with Crippen LogP contribution in [-0.2, 0) is 19.2 Å². The smallest absolute Gasteiger partial charge is 0.326 e. The van der Waals surface area contributed by atoms with E-state index in [2.05, 4.69) is 15.6 Å². The van der Waals surface area contributed by atoms with Gasteiger partial charge in [-0.3, -0.25) is 19.4 Å². The number of nitrogens with zero attached hydrogens (tertiary/aromatic N) is 2. The normalized spacial score (nSPS) is 18.3. The summed E-state index contributed by atoms with van der Waals surface area (Å²) in [5.41, 5.74) is 16.2. The van der Waals surface area contributed by atoms with Crippen molar-refractivity contribution >= 4 is 29.7 Å². The van der Waals surface area contributed by atoms with Gasteiger partial charge < -0.3 is 42.9 Å². The molecule has 10 N–H and O–H groups in total. The van der Waals surface area contributed by atoms with Crippen molar-refractivity contribution in [2.24, 2.45) is 28.1 Å². The topological polar surface area (TPSA) is 226 Å². The first-order valence-electron chi connectivity index (χ1n) is 11.0. The lowest BCUT2D eigenvalue weighted by Crippen LogP contribution is -2.57. The summed E-state index contributed by atoms with van der Waals surface area (Å²) in [5, 5.41) is 23.7. The van der Waals surface area contributed by atoms with Crippen LogP contribution in [0.3, 0.4) is 0 Å². The molecule has 0 radical (unpaired) electrons. The van der Waals surface area contributed by atoms with Gasteiger partial charge in [-0.15, -0.1) is 0 Å². The van der Waals surface area contributed by atoms with Gasteiger partial charge in [-0.25, -0.2) is 4.79 Å². The molecule has 1 rings (SSSR count). The number of nitrogens with two attached hydrogens (primary N) is 3. The Hall–Kier alpha value is -2.93. The molecule has 188 valence electrons. The van der Waals surface area contributed by atoms with Gasteiger partial charge in [0.2, 0.25) is 17.7 Å². The van der Waals surface area contributed by atoms with E-state index in [1.165, 1.54) is 4.90 Å². The van der Waals surface area contributed by atoms with E-state index in [1.54, 1.807) is 0 Å². The summed E-state index contributed by atoms with van der Waals surface area (Å²) in [7, 11) is 0. The van der Waals surface area contributed by atoms with Crippen molar-refractivity contribution in [2.45, 2.75) is 70.1 Å². The quantitative estimate of drug-likeness (QED) is 0.0850. The highest BCUT2D eigenvalue weighted by Gasteiger charge is 2.37. The molecule has 13 nitrogen and oxygen atoms in total. The number of likely N-dealkylation sites (tertiary alicyclic amines) is 1. The summed E-state index contributed by atoms with van der Waals surface area (Å²) in [6.45, 7) is 3.64. The van der Waals surface area contributed by atoms with Gasteiger partial charge in [-0.2, -0.15) is 0 Å². The van der Waals surface area contributed by atoms with E-state index >= 15 is 0 Å². The fraction of sp³-hybridized carbons (Fsp3) is 0.750. The Morgan fingerprint density at radius 2 is 1.82 bits per heavy atom. The second-order valence-electron chi connectivity index (χ2n) is 8.52. The molecule has 4 atom stereocenters. The van der Waals surface area contributed by atoms with Gasteiger partial charge >= 0.3 is 5.97 Å². The lowest BCUT2D eigenvalue weighted by molar-refractivity contribution is -0.143. The van der Waals surface area contributed by atoms with Crippen molar-refractivity contribution in [3.8, 4) is 0 Å². The summed E-state index contributed by atoms with van der Waals surface area (Å²) in [4.78, 5) is 54.9. The molecule has 0 aromatic rings. The van der Waals surface area contributed by atoms with Crippen molar-refractivity contribution in [3.05, 3.63) is 0 Å². The molecule has 1 fully saturated rings. The zero-order valence-corrected chi connectivity index (χ0v) is 19.2. The Kier molecular flexibility index (Phi) is 11.6. The number of aliphatic hydroxyl groups excluding tert-OH is 1. The summed E-state index contributed by atoms with van der Waals surface area (Å²) in [5.74, 6) is -3.01. The van der Waals surface area contributed by atoms with Crippen LogP contribution in [0.2, 0.25) is 0 Å². The average molecular weight is 472 g/mol. The van der Waals surface area contributed by atoms with Crippen LogP contribution in [0.4, 0.5) is 0 Å². The average Bonchev–Trinajstić information content (AvgIpc) is 3.23. The number of aliphatic carboxylic acids is 1. The van der Waals surface area contributed by atoms with Crippen LogP contribution in [0, 0.1) is 5.92 Å². The van der Waals surface area contributed by atoms with E-state index in [1.807, 2.05) is 13.8 Å². The van der Waals surface area contributed by atoms with Crippen LogP contribution in [0.15, 0.2) is 4.99 Å². The van der Waals surface area contributed by atoms with E-state index in [0.29, 0.717) is 25.8 Å². The van der Waals surface area contributed by atoms with Gasteiger partial charge in [0.05, 0.1) is 6.61 Å².